The Bertz CT molecular complexity index is 184. The Labute approximate surface area is 79.6 Å². The van der Waals surface area contributed by atoms with Crippen LogP contribution in [0.5, 0.6) is 0 Å². The minimum absolute atomic E-state index is 0.0217. The van der Waals surface area contributed by atoms with E-state index in [2.05, 4.69) is 13.8 Å². The molecule has 0 aromatic heterocycles. The highest BCUT2D eigenvalue weighted by Gasteiger charge is 2.23. The number of carbonyl (C=O) groups excluding carboxylic acids is 1. The molecule has 0 aromatic rings. The molecule has 1 unspecified atom stereocenters. The van der Waals surface area contributed by atoms with Crippen LogP contribution in [0.1, 0.15) is 26.7 Å². The molecule has 1 rings (SSSR count). The first kappa shape index (κ1) is 10.3. The Morgan fingerprint density at radius 2 is 2.23 bits per heavy atom. The van der Waals surface area contributed by atoms with E-state index in [1.807, 2.05) is 4.90 Å². The van der Waals surface area contributed by atoms with Gasteiger partial charge < -0.3 is 4.90 Å². The average Bonchev–Trinajstić information content (AvgIpc) is 2.13. The average molecular weight is 185 g/mol. The summed E-state index contributed by atoms with van der Waals surface area (Å²) < 4.78 is 0. The Balaban J connectivity index is 2.44. The van der Waals surface area contributed by atoms with Crippen molar-refractivity contribution in [2.45, 2.75) is 26.7 Å². The molecule has 0 saturated carbocycles. The standard InChI is InChI=1S/C9H19N3O/c1-3-8(2)7-11-5-4-6-12(10)9(11)13/h8H,3-7,10H2,1-2H3. The molecule has 4 nitrogen and oxygen atoms in total. The van der Waals surface area contributed by atoms with Gasteiger partial charge in [0, 0.05) is 19.6 Å². The summed E-state index contributed by atoms with van der Waals surface area (Å²) >= 11 is 0. The van der Waals surface area contributed by atoms with Crippen molar-refractivity contribution in [2.24, 2.45) is 11.8 Å². The fraction of sp³-hybridized carbons (Fsp3) is 0.889. The summed E-state index contributed by atoms with van der Waals surface area (Å²) in [7, 11) is 0. The van der Waals surface area contributed by atoms with Crippen LogP contribution >= 0.6 is 0 Å². The zero-order valence-electron chi connectivity index (χ0n) is 8.49. The predicted octanol–water partition coefficient (Wildman–Crippen LogP) is 1.03. The van der Waals surface area contributed by atoms with Gasteiger partial charge in [0.2, 0.25) is 0 Å². The lowest BCUT2D eigenvalue weighted by molar-refractivity contribution is 0.122. The van der Waals surface area contributed by atoms with Crippen LogP contribution in [0.15, 0.2) is 0 Å². The van der Waals surface area contributed by atoms with Gasteiger partial charge in [-0.1, -0.05) is 20.3 Å². The summed E-state index contributed by atoms with van der Waals surface area (Å²) in [6.07, 6.45) is 2.09. The molecule has 1 aliphatic rings. The minimum atomic E-state index is -0.0217. The molecule has 0 radical (unpaired) electrons. The van der Waals surface area contributed by atoms with E-state index in [0.29, 0.717) is 12.5 Å². The lowest BCUT2D eigenvalue weighted by Gasteiger charge is -2.34. The zero-order chi connectivity index (χ0) is 9.84. The topological polar surface area (TPSA) is 49.6 Å². The van der Waals surface area contributed by atoms with Crippen molar-refractivity contribution in [3.8, 4) is 0 Å². The Morgan fingerprint density at radius 3 is 2.85 bits per heavy atom. The van der Waals surface area contributed by atoms with Gasteiger partial charge in [0.1, 0.15) is 0 Å². The number of hydrogen-bond donors (Lipinski definition) is 1. The van der Waals surface area contributed by atoms with Crippen LogP contribution in [0.4, 0.5) is 4.79 Å². The number of nitrogens with zero attached hydrogens (tertiary/aromatic N) is 2. The third-order valence-corrected chi connectivity index (χ3v) is 2.57. The molecule has 1 atom stereocenters. The maximum atomic E-state index is 11.5. The van der Waals surface area contributed by atoms with Gasteiger partial charge in [-0.3, -0.25) is 5.01 Å². The second-order valence-corrected chi connectivity index (χ2v) is 3.79. The maximum absolute atomic E-state index is 11.5. The third-order valence-electron chi connectivity index (χ3n) is 2.57. The highest BCUT2D eigenvalue weighted by Crippen LogP contribution is 2.10. The molecule has 13 heavy (non-hydrogen) atoms. The fourth-order valence-electron chi connectivity index (χ4n) is 1.48. The monoisotopic (exact) mass is 185 g/mol. The normalized spacial score (nSPS) is 20.7. The molecule has 2 amide bonds. The van der Waals surface area contributed by atoms with Crippen molar-refractivity contribution in [1.82, 2.24) is 9.91 Å². The number of urea groups is 1. The van der Waals surface area contributed by atoms with E-state index in [1.54, 1.807) is 0 Å². The van der Waals surface area contributed by atoms with E-state index in [1.165, 1.54) is 5.01 Å². The van der Waals surface area contributed by atoms with Gasteiger partial charge >= 0.3 is 6.03 Å². The van der Waals surface area contributed by atoms with Crippen molar-refractivity contribution in [3.05, 3.63) is 0 Å². The first-order valence-corrected chi connectivity index (χ1v) is 4.96. The van der Waals surface area contributed by atoms with Crippen molar-refractivity contribution < 1.29 is 4.79 Å². The number of rotatable bonds is 3. The van der Waals surface area contributed by atoms with Crippen LogP contribution in [0, 0.1) is 5.92 Å². The molecule has 76 valence electrons. The van der Waals surface area contributed by atoms with Crippen LogP contribution < -0.4 is 5.84 Å². The van der Waals surface area contributed by atoms with E-state index in [0.717, 1.165) is 25.9 Å². The van der Waals surface area contributed by atoms with Crippen LogP contribution in [-0.4, -0.2) is 35.6 Å². The van der Waals surface area contributed by atoms with Crippen LogP contribution in [0.3, 0.4) is 0 Å². The van der Waals surface area contributed by atoms with Gasteiger partial charge in [-0.15, -0.1) is 0 Å². The Hall–Kier alpha value is -0.770. The maximum Gasteiger partial charge on any atom is 0.334 e. The molecule has 4 heteroatoms. The molecule has 1 aliphatic heterocycles. The van der Waals surface area contributed by atoms with Gasteiger partial charge in [0.15, 0.2) is 0 Å². The quantitative estimate of drug-likeness (QED) is 0.527. The first-order chi connectivity index (χ1) is 6.15. The molecular weight excluding hydrogens is 166 g/mol. The van der Waals surface area contributed by atoms with Crippen LogP contribution in [0.2, 0.25) is 0 Å². The van der Waals surface area contributed by atoms with Crippen molar-refractivity contribution in [2.75, 3.05) is 19.6 Å². The van der Waals surface area contributed by atoms with Gasteiger partial charge in [0.25, 0.3) is 0 Å². The Morgan fingerprint density at radius 1 is 1.54 bits per heavy atom. The number of nitrogens with two attached hydrogens (primary N) is 1. The second-order valence-electron chi connectivity index (χ2n) is 3.79. The first-order valence-electron chi connectivity index (χ1n) is 4.96. The smallest absolute Gasteiger partial charge is 0.323 e. The van der Waals surface area contributed by atoms with Gasteiger partial charge in [-0.2, -0.15) is 0 Å². The largest absolute Gasteiger partial charge is 0.334 e. The molecule has 0 aromatic carbocycles. The van der Waals surface area contributed by atoms with E-state index in [9.17, 15) is 4.79 Å². The van der Waals surface area contributed by atoms with E-state index in [4.69, 9.17) is 5.84 Å². The molecule has 1 saturated heterocycles. The molecular formula is C9H19N3O. The lowest BCUT2D eigenvalue weighted by Crippen LogP contribution is -2.53. The molecule has 0 spiro atoms. The number of amides is 2. The summed E-state index contributed by atoms with van der Waals surface area (Å²) in [4.78, 5) is 13.3. The lowest BCUT2D eigenvalue weighted by atomic mass is 10.1. The summed E-state index contributed by atoms with van der Waals surface area (Å²) in [6, 6.07) is -0.0217. The van der Waals surface area contributed by atoms with E-state index >= 15 is 0 Å². The van der Waals surface area contributed by atoms with Crippen molar-refractivity contribution in [1.29, 1.82) is 0 Å². The summed E-state index contributed by atoms with van der Waals surface area (Å²) in [5.41, 5.74) is 0. The number of carbonyl (C=O) groups is 1. The summed E-state index contributed by atoms with van der Waals surface area (Å²) in [5, 5.41) is 1.31. The molecule has 0 bridgehead atoms. The summed E-state index contributed by atoms with van der Waals surface area (Å²) in [5.74, 6) is 6.09. The highest BCUT2D eigenvalue weighted by atomic mass is 16.2. The van der Waals surface area contributed by atoms with Gasteiger partial charge in [0.05, 0.1) is 0 Å². The summed E-state index contributed by atoms with van der Waals surface area (Å²) in [6.45, 7) is 6.68. The fourth-order valence-corrected chi connectivity index (χ4v) is 1.48. The zero-order valence-corrected chi connectivity index (χ0v) is 8.49. The number of hydrogen-bond acceptors (Lipinski definition) is 2. The highest BCUT2D eigenvalue weighted by molar-refractivity contribution is 5.74. The van der Waals surface area contributed by atoms with Crippen LogP contribution in [0.25, 0.3) is 0 Å². The van der Waals surface area contributed by atoms with Crippen molar-refractivity contribution in [3.63, 3.8) is 0 Å². The molecule has 1 fully saturated rings. The molecule has 0 aliphatic carbocycles. The van der Waals surface area contributed by atoms with Gasteiger partial charge in [-0.05, 0) is 12.3 Å². The Kier molecular flexibility index (Phi) is 3.54. The minimum Gasteiger partial charge on any atom is -0.323 e. The van der Waals surface area contributed by atoms with Crippen molar-refractivity contribution >= 4 is 6.03 Å². The van der Waals surface area contributed by atoms with E-state index in [-0.39, 0.29) is 6.03 Å². The predicted molar refractivity (Wildman–Crippen MR) is 51.9 cm³/mol. The SMILES string of the molecule is CCC(C)CN1CCCN(N)C1=O. The van der Waals surface area contributed by atoms with Gasteiger partial charge in [-0.25, -0.2) is 10.6 Å². The van der Waals surface area contributed by atoms with E-state index < -0.39 is 0 Å². The molecule has 2 N–H and O–H groups in total. The molecule has 1 heterocycles. The second kappa shape index (κ2) is 4.46. The third kappa shape index (κ3) is 2.59. The van der Waals surface area contributed by atoms with Crippen LogP contribution in [-0.2, 0) is 0 Å². The number of hydrazine groups is 1.